The van der Waals surface area contributed by atoms with E-state index in [0.717, 1.165) is 18.8 Å². The summed E-state index contributed by atoms with van der Waals surface area (Å²) < 4.78 is 1.63. The standard InChI is InChI=1S/C21H26ClN7O2/c1-4-5-17(31)27-11-20(2)13-28(14-21(20,3)12-27)18-16(22)9-23-19(26-18)25-15-8-24-29(10-15)6-7-30/h1,8-10,30H,5-7,11-14H2,2-3H3,(H,23,25,26)/t20-,21+. The topological polar surface area (TPSA) is 99.4 Å². The lowest BCUT2D eigenvalue weighted by Gasteiger charge is -2.29. The van der Waals surface area contributed by atoms with Crippen LogP contribution in [-0.2, 0) is 11.3 Å². The fraction of sp³-hybridized carbons (Fsp3) is 0.524. The molecule has 10 heteroatoms. The second-order valence-corrected chi connectivity index (χ2v) is 9.22. The molecular weight excluding hydrogens is 418 g/mol. The Bertz CT molecular complexity index is 1010. The van der Waals surface area contributed by atoms with Crippen LogP contribution in [0.2, 0.25) is 5.02 Å². The number of likely N-dealkylation sites (tertiary alicyclic amines) is 1. The van der Waals surface area contributed by atoms with Crippen LogP contribution in [0.25, 0.3) is 0 Å². The molecule has 2 fully saturated rings. The minimum atomic E-state index is -0.0927. The van der Waals surface area contributed by atoms with Gasteiger partial charge in [0.05, 0.1) is 37.7 Å². The van der Waals surface area contributed by atoms with E-state index in [0.29, 0.717) is 36.4 Å². The Morgan fingerprint density at radius 3 is 2.65 bits per heavy atom. The van der Waals surface area contributed by atoms with E-state index in [1.54, 1.807) is 23.3 Å². The van der Waals surface area contributed by atoms with Crippen molar-refractivity contribution in [3.05, 3.63) is 23.6 Å². The van der Waals surface area contributed by atoms with Gasteiger partial charge in [-0.25, -0.2) is 4.98 Å². The Labute approximate surface area is 186 Å². The van der Waals surface area contributed by atoms with Crippen LogP contribution in [0.5, 0.6) is 0 Å². The smallest absolute Gasteiger partial charge is 0.234 e. The summed E-state index contributed by atoms with van der Waals surface area (Å²) in [4.78, 5) is 25.3. The number of aliphatic hydroxyl groups excluding tert-OH is 1. The molecule has 2 saturated heterocycles. The first-order chi connectivity index (χ1) is 14.8. The first-order valence-electron chi connectivity index (χ1n) is 10.2. The predicted molar refractivity (Wildman–Crippen MR) is 118 cm³/mol. The second kappa shape index (κ2) is 8.02. The average molecular weight is 444 g/mol. The number of nitrogens with zero attached hydrogens (tertiary/aromatic N) is 6. The van der Waals surface area contributed by atoms with Crippen molar-refractivity contribution < 1.29 is 9.90 Å². The number of halogens is 1. The van der Waals surface area contributed by atoms with E-state index in [-0.39, 0.29) is 29.8 Å². The van der Waals surface area contributed by atoms with E-state index in [4.69, 9.17) is 23.1 Å². The molecule has 2 atom stereocenters. The molecule has 31 heavy (non-hydrogen) atoms. The Morgan fingerprint density at radius 2 is 2.00 bits per heavy atom. The van der Waals surface area contributed by atoms with Gasteiger partial charge in [0.2, 0.25) is 11.9 Å². The molecule has 0 bridgehead atoms. The van der Waals surface area contributed by atoms with E-state index in [1.807, 2.05) is 4.90 Å². The van der Waals surface area contributed by atoms with Gasteiger partial charge >= 0.3 is 0 Å². The predicted octanol–water partition coefficient (Wildman–Crippen LogP) is 1.76. The third-order valence-electron chi connectivity index (χ3n) is 6.47. The van der Waals surface area contributed by atoms with Crippen molar-refractivity contribution in [2.24, 2.45) is 10.8 Å². The number of anilines is 3. The molecule has 0 spiro atoms. The molecule has 1 amide bonds. The fourth-order valence-electron chi connectivity index (χ4n) is 4.61. The molecule has 2 aromatic heterocycles. The fourth-order valence-corrected chi connectivity index (χ4v) is 4.82. The lowest BCUT2D eigenvalue weighted by atomic mass is 9.71. The van der Waals surface area contributed by atoms with Gasteiger partial charge in [-0.15, -0.1) is 6.42 Å². The van der Waals surface area contributed by atoms with E-state index in [1.165, 1.54) is 0 Å². The van der Waals surface area contributed by atoms with Crippen LogP contribution in [0.3, 0.4) is 0 Å². The number of hydrogen-bond donors (Lipinski definition) is 2. The Balaban J connectivity index is 1.51. The highest BCUT2D eigenvalue weighted by Crippen LogP contribution is 2.52. The maximum atomic E-state index is 12.3. The average Bonchev–Trinajstić information content (AvgIpc) is 3.32. The van der Waals surface area contributed by atoms with Crippen molar-refractivity contribution in [2.75, 3.05) is 43.0 Å². The summed E-state index contributed by atoms with van der Waals surface area (Å²) in [5.41, 5.74) is 0.538. The molecule has 4 heterocycles. The van der Waals surface area contributed by atoms with Gasteiger partial charge in [-0.1, -0.05) is 31.4 Å². The second-order valence-electron chi connectivity index (χ2n) is 8.81. The maximum absolute atomic E-state index is 12.3. The van der Waals surface area contributed by atoms with Crippen LogP contribution in [0.1, 0.15) is 20.3 Å². The van der Waals surface area contributed by atoms with Gasteiger partial charge in [-0.05, 0) is 0 Å². The number of fused-ring (bicyclic) bond motifs is 1. The zero-order valence-electron chi connectivity index (χ0n) is 17.7. The zero-order valence-corrected chi connectivity index (χ0v) is 18.4. The van der Waals surface area contributed by atoms with Crippen molar-refractivity contribution in [1.29, 1.82) is 0 Å². The highest BCUT2D eigenvalue weighted by Gasteiger charge is 2.58. The number of amides is 1. The normalized spacial score (nSPS) is 24.9. The number of hydrogen-bond acceptors (Lipinski definition) is 7. The van der Waals surface area contributed by atoms with Crippen molar-refractivity contribution >= 4 is 35.0 Å². The number of rotatable bonds is 6. The minimum absolute atomic E-state index is 0.0131. The van der Waals surface area contributed by atoms with Crippen LogP contribution >= 0.6 is 11.6 Å². The molecule has 0 aromatic carbocycles. The first-order valence-corrected chi connectivity index (χ1v) is 10.5. The number of carbonyl (C=O) groups excluding carboxylic acids is 1. The highest BCUT2D eigenvalue weighted by molar-refractivity contribution is 6.32. The largest absolute Gasteiger partial charge is 0.394 e. The van der Waals surface area contributed by atoms with Gasteiger partial charge in [0, 0.05) is 43.2 Å². The SMILES string of the molecule is C#CCC(=O)N1C[C@@]2(C)CN(c3nc(Nc4cnn(CCO)c4)ncc3Cl)C[C@@]2(C)C1. The first kappa shape index (κ1) is 21.4. The summed E-state index contributed by atoms with van der Waals surface area (Å²) in [6.45, 7) is 7.64. The molecule has 2 aliphatic heterocycles. The van der Waals surface area contributed by atoms with Crippen molar-refractivity contribution in [1.82, 2.24) is 24.6 Å². The quantitative estimate of drug-likeness (QED) is 0.656. The molecule has 2 aromatic rings. The molecule has 2 N–H and O–H groups in total. The third kappa shape index (κ3) is 3.93. The lowest BCUT2D eigenvalue weighted by molar-refractivity contribution is -0.129. The third-order valence-corrected chi connectivity index (χ3v) is 6.73. The number of aliphatic hydroxyl groups is 1. The molecule has 164 valence electrons. The van der Waals surface area contributed by atoms with E-state index in [9.17, 15) is 4.79 Å². The van der Waals surface area contributed by atoms with Crippen LogP contribution in [0, 0.1) is 23.2 Å². The molecule has 4 rings (SSSR count). The Hall–Kier alpha value is -2.83. The van der Waals surface area contributed by atoms with Crippen molar-refractivity contribution in [2.45, 2.75) is 26.8 Å². The maximum Gasteiger partial charge on any atom is 0.234 e. The summed E-state index contributed by atoms with van der Waals surface area (Å²) in [7, 11) is 0. The molecule has 0 radical (unpaired) electrons. The minimum Gasteiger partial charge on any atom is -0.394 e. The van der Waals surface area contributed by atoms with Gasteiger partial charge in [0.15, 0.2) is 5.82 Å². The molecule has 0 saturated carbocycles. The number of carbonyl (C=O) groups is 1. The van der Waals surface area contributed by atoms with Gasteiger partial charge in [-0.3, -0.25) is 9.48 Å². The number of terminal acetylenes is 1. The van der Waals surface area contributed by atoms with E-state index < -0.39 is 0 Å². The van der Waals surface area contributed by atoms with Crippen molar-refractivity contribution in [3.8, 4) is 12.3 Å². The number of nitrogens with one attached hydrogen (secondary N) is 1. The molecule has 9 nitrogen and oxygen atoms in total. The van der Waals surface area contributed by atoms with E-state index >= 15 is 0 Å². The van der Waals surface area contributed by atoms with Gasteiger partial charge in [0.25, 0.3) is 0 Å². The van der Waals surface area contributed by atoms with Crippen LogP contribution in [-0.4, -0.2) is 68.4 Å². The summed E-state index contributed by atoms with van der Waals surface area (Å²) in [5, 5.41) is 16.8. The van der Waals surface area contributed by atoms with Gasteiger partial charge < -0.3 is 20.2 Å². The zero-order chi connectivity index (χ0) is 22.2. The van der Waals surface area contributed by atoms with Gasteiger partial charge in [-0.2, -0.15) is 10.1 Å². The monoisotopic (exact) mass is 443 g/mol. The van der Waals surface area contributed by atoms with Crippen LogP contribution < -0.4 is 10.2 Å². The number of aromatic nitrogens is 4. The summed E-state index contributed by atoms with van der Waals surface area (Å²) in [6, 6.07) is 0. The van der Waals surface area contributed by atoms with E-state index in [2.05, 4.69) is 45.1 Å². The lowest BCUT2D eigenvalue weighted by Crippen LogP contribution is -2.35. The van der Waals surface area contributed by atoms with Crippen LogP contribution in [0.15, 0.2) is 18.6 Å². The van der Waals surface area contributed by atoms with Crippen LogP contribution in [0.4, 0.5) is 17.5 Å². The van der Waals surface area contributed by atoms with Crippen molar-refractivity contribution in [3.63, 3.8) is 0 Å². The van der Waals surface area contributed by atoms with Gasteiger partial charge in [0.1, 0.15) is 5.02 Å². The summed E-state index contributed by atoms with van der Waals surface area (Å²) in [6.07, 6.45) is 10.5. The molecule has 0 aliphatic carbocycles. The highest BCUT2D eigenvalue weighted by atomic mass is 35.5. The molecular formula is C21H26ClN7O2. The Kier molecular flexibility index (Phi) is 5.54. The summed E-state index contributed by atoms with van der Waals surface area (Å²) >= 11 is 6.47. The molecule has 0 unspecified atom stereocenters. The Morgan fingerprint density at radius 1 is 1.29 bits per heavy atom. The summed E-state index contributed by atoms with van der Waals surface area (Å²) in [5.74, 6) is 3.55. The molecule has 2 aliphatic rings.